The van der Waals surface area contributed by atoms with E-state index in [2.05, 4.69) is 0 Å². The van der Waals surface area contributed by atoms with Crippen LogP contribution in [0.4, 0.5) is 0 Å². The van der Waals surface area contributed by atoms with Crippen LogP contribution in [-0.4, -0.2) is 59.4 Å². The van der Waals surface area contributed by atoms with Gasteiger partial charge in [-0.15, -0.1) is 0 Å². The SMILES string of the molecule is COc1ccc([C@@H]2C[C@H]3c4c(cc(O)c(C)c4O2)[C@H]2[C@H]3O[C@H](CO)[C@@H](O)[C@@H]2OC(C)=O)cc1. The van der Waals surface area contributed by atoms with Crippen LogP contribution in [0.2, 0.25) is 0 Å². The molecule has 0 spiro atoms. The van der Waals surface area contributed by atoms with Crippen LogP contribution in [0.1, 0.15) is 53.5 Å². The van der Waals surface area contributed by atoms with Crippen molar-refractivity contribution in [2.45, 2.75) is 62.6 Å². The lowest BCUT2D eigenvalue weighted by Gasteiger charge is -2.43. The quantitative estimate of drug-likeness (QED) is 0.601. The maximum atomic E-state index is 11.9. The van der Waals surface area contributed by atoms with Gasteiger partial charge >= 0.3 is 5.97 Å². The number of benzene rings is 2. The minimum Gasteiger partial charge on any atom is -0.508 e. The average molecular weight is 456 g/mol. The molecule has 0 aromatic heterocycles. The Labute approximate surface area is 191 Å². The standard InChI is InChI=1S/C25H28O8/c1-11-17(28)8-15-20-16(9-18(32-23(11)20)13-4-6-14(30-3)7-5-13)24-21(15)25(31-12(2)27)22(29)19(10-26)33-24/h4-8,16,18-19,21-22,24-26,28-29H,9-10H2,1-3H3/t16-,18-,19+,21-,22+,24-,25+/m0/s1. The van der Waals surface area contributed by atoms with Crippen LogP contribution in [0.3, 0.4) is 0 Å². The number of aliphatic hydroxyl groups is 2. The maximum absolute atomic E-state index is 11.9. The summed E-state index contributed by atoms with van der Waals surface area (Å²) in [6, 6.07) is 9.30. The van der Waals surface area contributed by atoms with Gasteiger partial charge in [-0.1, -0.05) is 12.1 Å². The van der Waals surface area contributed by atoms with E-state index in [0.717, 1.165) is 22.4 Å². The topological polar surface area (TPSA) is 115 Å². The summed E-state index contributed by atoms with van der Waals surface area (Å²) in [5, 5.41) is 31.4. The van der Waals surface area contributed by atoms with Gasteiger partial charge in [-0.2, -0.15) is 0 Å². The highest BCUT2D eigenvalue weighted by atomic mass is 16.6. The molecule has 2 aliphatic heterocycles. The van der Waals surface area contributed by atoms with Crippen LogP contribution in [0, 0.1) is 6.92 Å². The Balaban J connectivity index is 1.61. The van der Waals surface area contributed by atoms with E-state index in [1.165, 1.54) is 6.92 Å². The Hall–Kier alpha value is -2.81. The van der Waals surface area contributed by atoms with Gasteiger partial charge in [-0.05, 0) is 42.7 Å². The van der Waals surface area contributed by atoms with Crippen molar-refractivity contribution in [3.8, 4) is 17.2 Å². The normalized spacial score (nSPS) is 31.8. The number of carbonyl (C=O) groups is 1. The summed E-state index contributed by atoms with van der Waals surface area (Å²) in [6.45, 7) is 2.69. The molecule has 3 N–H and O–H groups in total. The number of ether oxygens (including phenoxy) is 4. The highest BCUT2D eigenvalue weighted by Crippen LogP contribution is 2.60. The third-order valence-electron chi connectivity index (χ3n) is 7.15. The number of aromatic hydroxyl groups is 1. The number of esters is 1. The predicted octanol–water partition coefficient (Wildman–Crippen LogP) is 2.47. The molecule has 33 heavy (non-hydrogen) atoms. The minimum absolute atomic E-state index is 0.0684. The highest BCUT2D eigenvalue weighted by molar-refractivity contribution is 5.67. The fourth-order valence-electron chi connectivity index (χ4n) is 5.62. The molecule has 1 aliphatic carbocycles. The van der Waals surface area contributed by atoms with Crippen LogP contribution >= 0.6 is 0 Å². The molecule has 0 amide bonds. The monoisotopic (exact) mass is 456 g/mol. The van der Waals surface area contributed by atoms with E-state index in [9.17, 15) is 20.1 Å². The van der Waals surface area contributed by atoms with Gasteiger partial charge in [0.1, 0.15) is 41.7 Å². The molecule has 176 valence electrons. The molecule has 7 atom stereocenters. The number of rotatable bonds is 4. The molecule has 0 saturated carbocycles. The Bertz CT molecular complexity index is 1070. The molecule has 1 fully saturated rings. The highest BCUT2D eigenvalue weighted by Gasteiger charge is 2.57. The Kier molecular flexibility index (Phi) is 5.47. The molecule has 0 bridgehead atoms. The van der Waals surface area contributed by atoms with Crippen LogP contribution < -0.4 is 9.47 Å². The van der Waals surface area contributed by atoms with Gasteiger partial charge in [0, 0.05) is 24.0 Å². The van der Waals surface area contributed by atoms with Crippen molar-refractivity contribution in [2.75, 3.05) is 13.7 Å². The second-order valence-corrected chi connectivity index (χ2v) is 8.99. The molecule has 2 aromatic carbocycles. The average Bonchev–Trinajstić information content (AvgIpc) is 3.12. The van der Waals surface area contributed by atoms with E-state index >= 15 is 0 Å². The van der Waals surface area contributed by atoms with E-state index in [0.29, 0.717) is 17.7 Å². The van der Waals surface area contributed by atoms with Gasteiger partial charge in [0.2, 0.25) is 0 Å². The minimum atomic E-state index is -1.20. The second-order valence-electron chi connectivity index (χ2n) is 8.99. The molecule has 8 nitrogen and oxygen atoms in total. The number of hydrogen-bond donors (Lipinski definition) is 3. The first-order chi connectivity index (χ1) is 15.8. The summed E-state index contributed by atoms with van der Waals surface area (Å²) in [6.07, 6.45) is -3.14. The van der Waals surface area contributed by atoms with E-state index < -0.39 is 42.9 Å². The first-order valence-corrected chi connectivity index (χ1v) is 11.1. The van der Waals surface area contributed by atoms with Gasteiger partial charge in [0.05, 0.1) is 25.7 Å². The van der Waals surface area contributed by atoms with Gasteiger partial charge in [-0.25, -0.2) is 0 Å². The van der Waals surface area contributed by atoms with Crippen molar-refractivity contribution in [1.29, 1.82) is 0 Å². The van der Waals surface area contributed by atoms with Crippen molar-refractivity contribution < 1.29 is 39.1 Å². The summed E-state index contributed by atoms with van der Waals surface area (Å²) in [4.78, 5) is 11.9. The zero-order chi connectivity index (χ0) is 23.4. The van der Waals surface area contributed by atoms with E-state index in [1.54, 1.807) is 20.1 Å². The fourth-order valence-corrected chi connectivity index (χ4v) is 5.62. The van der Waals surface area contributed by atoms with Gasteiger partial charge in [-0.3, -0.25) is 4.79 Å². The number of phenols is 1. The van der Waals surface area contributed by atoms with Crippen molar-refractivity contribution in [2.24, 2.45) is 0 Å². The predicted molar refractivity (Wildman–Crippen MR) is 117 cm³/mol. The number of fused-ring (bicyclic) bond motifs is 3. The lowest BCUT2D eigenvalue weighted by atomic mass is 9.82. The first kappa shape index (κ1) is 22.0. The van der Waals surface area contributed by atoms with Crippen molar-refractivity contribution >= 4 is 5.97 Å². The fraction of sp³-hybridized carbons (Fsp3) is 0.480. The van der Waals surface area contributed by atoms with E-state index in [1.807, 2.05) is 24.3 Å². The Morgan fingerprint density at radius 3 is 2.61 bits per heavy atom. The lowest BCUT2D eigenvalue weighted by Crippen LogP contribution is -2.55. The Morgan fingerprint density at radius 2 is 1.97 bits per heavy atom. The van der Waals surface area contributed by atoms with Crippen LogP contribution in [0.15, 0.2) is 30.3 Å². The largest absolute Gasteiger partial charge is 0.508 e. The van der Waals surface area contributed by atoms with Crippen molar-refractivity contribution in [3.63, 3.8) is 0 Å². The van der Waals surface area contributed by atoms with Crippen LogP contribution in [0.5, 0.6) is 17.2 Å². The molecule has 5 rings (SSSR count). The lowest BCUT2D eigenvalue weighted by molar-refractivity contribution is -0.208. The second kappa shape index (κ2) is 8.20. The summed E-state index contributed by atoms with van der Waals surface area (Å²) in [5.41, 5.74) is 3.24. The van der Waals surface area contributed by atoms with Crippen LogP contribution in [0.25, 0.3) is 0 Å². The molecule has 3 aliphatic rings. The number of phenolic OH excluding ortho intramolecular Hbond substituents is 1. The molecule has 0 radical (unpaired) electrons. The van der Waals surface area contributed by atoms with Gasteiger partial charge in [0.25, 0.3) is 0 Å². The van der Waals surface area contributed by atoms with Crippen LogP contribution in [-0.2, 0) is 14.3 Å². The van der Waals surface area contributed by atoms with Gasteiger partial charge < -0.3 is 34.3 Å². The molecule has 0 unspecified atom stereocenters. The third kappa shape index (κ3) is 3.44. The molecule has 1 saturated heterocycles. The number of methoxy groups -OCH3 is 1. The summed E-state index contributed by atoms with van der Waals surface area (Å²) >= 11 is 0. The number of carbonyl (C=O) groups excluding carboxylic acids is 1. The molecule has 2 heterocycles. The number of hydrogen-bond acceptors (Lipinski definition) is 8. The number of aliphatic hydroxyl groups excluding tert-OH is 2. The first-order valence-electron chi connectivity index (χ1n) is 11.1. The summed E-state index contributed by atoms with van der Waals surface area (Å²) < 4.78 is 23.4. The summed E-state index contributed by atoms with van der Waals surface area (Å²) in [7, 11) is 1.61. The molecule has 2 aromatic rings. The maximum Gasteiger partial charge on any atom is 0.303 e. The molecular weight excluding hydrogens is 428 g/mol. The smallest absolute Gasteiger partial charge is 0.303 e. The Morgan fingerprint density at radius 1 is 1.24 bits per heavy atom. The zero-order valence-electron chi connectivity index (χ0n) is 18.7. The van der Waals surface area contributed by atoms with E-state index in [4.69, 9.17) is 18.9 Å². The molecule has 8 heteroatoms. The summed E-state index contributed by atoms with van der Waals surface area (Å²) in [5.74, 6) is 0.261. The third-order valence-corrected chi connectivity index (χ3v) is 7.15. The van der Waals surface area contributed by atoms with E-state index in [-0.39, 0.29) is 17.8 Å². The molecular formula is C25H28O8. The van der Waals surface area contributed by atoms with Gasteiger partial charge in [0.15, 0.2) is 0 Å². The zero-order valence-corrected chi connectivity index (χ0v) is 18.7. The van der Waals surface area contributed by atoms with Crippen molar-refractivity contribution in [1.82, 2.24) is 0 Å². The van der Waals surface area contributed by atoms with Crippen molar-refractivity contribution in [3.05, 3.63) is 52.6 Å².